The van der Waals surface area contributed by atoms with Crippen LogP contribution in [0.25, 0.3) is 11.0 Å². The summed E-state index contributed by atoms with van der Waals surface area (Å²) in [4.78, 5) is 22.4. The molecule has 1 amide bonds. The summed E-state index contributed by atoms with van der Waals surface area (Å²) in [6.45, 7) is 4.44. The van der Waals surface area contributed by atoms with Crippen LogP contribution in [0.4, 0.5) is 5.69 Å². The monoisotopic (exact) mass is 317 g/mol. The van der Waals surface area contributed by atoms with Gasteiger partial charge in [-0.15, -0.1) is 6.58 Å². The number of halogens is 1. The predicted octanol–water partition coefficient (Wildman–Crippen LogP) is 2.93. The summed E-state index contributed by atoms with van der Waals surface area (Å²) in [5.74, 6) is 0.339. The number of benzene rings is 1. The van der Waals surface area contributed by atoms with E-state index in [4.69, 9.17) is 0 Å². The van der Waals surface area contributed by atoms with Crippen molar-refractivity contribution in [2.75, 3.05) is 11.4 Å². The molecule has 1 aliphatic heterocycles. The number of carbonyl (C=O) groups is 1. The molecule has 1 atom stereocenters. The van der Waals surface area contributed by atoms with Crippen LogP contribution in [-0.2, 0) is 4.79 Å². The first-order valence-electron chi connectivity index (χ1n) is 6.03. The van der Waals surface area contributed by atoms with Gasteiger partial charge in [0, 0.05) is 31.3 Å². The van der Waals surface area contributed by atoms with Gasteiger partial charge in [-0.3, -0.25) is 14.8 Å². The molecule has 0 radical (unpaired) electrons. The lowest BCUT2D eigenvalue weighted by Gasteiger charge is -2.18. The number of fused-ring (bicyclic) bond motifs is 1. The second-order valence-electron chi connectivity index (χ2n) is 4.53. The van der Waals surface area contributed by atoms with Crippen LogP contribution in [0.15, 0.2) is 41.7 Å². The van der Waals surface area contributed by atoms with Gasteiger partial charge in [0.15, 0.2) is 0 Å². The van der Waals surface area contributed by atoms with Crippen LogP contribution in [0.5, 0.6) is 0 Å². The topological polar surface area (TPSA) is 46.1 Å². The van der Waals surface area contributed by atoms with Crippen molar-refractivity contribution in [1.29, 1.82) is 0 Å². The Balaban J connectivity index is 2.08. The molecule has 96 valence electrons. The standard InChI is InChI=1S/C14H12BrN3O/c1-2-9-7-12(19)18(8-9)11-4-3-10-14(13(11)15)17-6-5-16-10/h2-6,9H,1,7-8H2. The summed E-state index contributed by atoms with van der Waals surface area (Å²) in [5, 5.41) is 0. The van der Waals surface area contributed by atoms with E-state index in [1.54, 1.807) is 17.3 Å². The lowest BCUT2D eigenvalue weighted by Crippen LogP contribution is -2.24. The third-order valence-corrected chi connectivity index (χ3v) is 4.12. The van der Waals surface area contributed by atoms with Crippen molar-refractivity contribution in [1.82, 2.24) is 9.97 Å². The molecule has 2 aromatic rings. The number of carbonyl (C=O) groups excluding carboxylic acids is 1. The number of nitrogens with zero attached hydrogens (tertiary/aromatic N) is 3. The Labute approximate surface area is 119 Å². The van der Waals surface area contributed by atoms with Crippen molar-refractivity contribution >= 4 is 38.6 Å². The van der Waals surface area contributed by atoms with Gasteiger partial charge in [-0.2, -0.15) is 0 Å². The fourth-order valence-corrected chi connectivity index (χ4v) is 2.98. The maximum atomic E-state index is 12.1. The lowest BCUT2D eigenvalue weighted by molar-refractivity contribution is -0.117. The highest BCUT2D eigenvalue weighted by Gasteiger charge is 2.30. The first-order valence-corrected chi connectivity index (χ1v) is 6.82. The van der Waals surface area contributed by atoms with E-state index in [2.05, 4.69) is 32.5 Å². The minimum Gasteiger partial charge on any atom is -0.311 e. The fourth-order valence-electron chi connectivity index (χ4n) is 2.33. The first-order chi connectivity index (χ1) is 9.20. The van der Waals surface area contributed by atoms with E-state index < -0.39 is 0 Å². The molecule has 0 bridgehead atoms. The lowest BCUT2D eigenvalue weighted by atomic mass is 10.1. The van der Waals surface area contributed by atoms with Gasteiger partial charge in [0.2, 0.25) is 5.91 Å². The predicted molar refractivity (Wildman–Crippen MR) is 77.9 cm³/mol. The molecule has 0 aliphatic carbocycles. The van der Waals surface area contributed by atoms with Crippen molar-refractivity contribution in [3.05, 3.63) is 41.7 Å². The molecule has 1 fully saturated rings. The Morgan fingerprint density at radius 2 is 2.16 bits per heavy atom. The van der Waals surface area contributed by atoms with E-state index in [0.29, 0.717) is 13.0 Å². The Kier molecular flexibility index (Phi) is 3.06. The maximum Gasteiger partial charge on any atom is 0.227 e. The molecule has 3 rings (SSSR count). The van der Waals surface area contributed by atoms with Gasteiger partial charge in [-0.25, -0.2) is 0 Å². The summed E-state index contributed by atoms with van der Waals surface area (Å²) in [6.07, 6.45) is 5.67. The Hall–Kier alpha value is -1.75. The first kappa shape index (κ1) is 12.3. The molecule has 2 heterocycles. The molecule has 5 heteroatoms. The number of amides is 1. The smallest absolute Gasteiger partial charge is 0.227 e. The highest BCUT2D eigenvalue weighted by atomic mass is 79.9. The van der Waals surface area contributed by atoms with Crippen molar-refractivity contribution < 1.29 is 4.79 Å². The number of anilines is 1. The van der Waals surface area contributed by atoms with Gasteiger partial charge in [0.1, 0.15) is 5.52 Å². The summed E-state index contributed by atoms with van der Waals surface area (Å²) in [7, 11) is 0. The third-order valence-electron chi connectivity index (χ3n) is 3.34. The minimum atomic E-state index is 0.119. The van der Waals surface area contributed by atoms with Crippen LogP contribution < -0.4 is 4.90 Å². The molecule has 4 nitrogen and oxygen atoms in total. The third kappa shape index (κ3) is 2.04. The SMILES string of the molecule is C=CC1CC(=O)N(c2ccc3nccnc3c2Br)C1. The van der Waals surface area contributed by atoms with Crippen molar-refractivity contribution in [3.63, 3.8) is 0 Å². The van der Waals surface area contributed by atoms with E-state index in [0.717, 1.165) is 21.2 Å². The van der Waals surface area contributed by atoms with Crippen molar-refractivity contribution in [3.8, 4) is 0 Å². The van der Waals surface area contributed by atoms with Crippen LogP contribution in [0, 0.1) is 5.92 Å². The molecule has 0 spiro atoms. The zero-order chi connectivity index (χ0) is 13.4. The fraction of sp³-hybridized carbons (Fsp3) is 0.214. The number of hydrogen-bond acceptors (Lipinski definition) is 3. The number of hydrogen-bond donors (Lipinski definition) is 0. The molecule has 1 saturated heterocycles. The van der Waals surface area contributed by atoms with Crippen molar-refractivity contribution in [2.45, 2.75) is 6.42 Å². The maximum absolute atomic E-state index is 12.1. The van der Waals surface area contributed by atoms with Crippen molar-refractivity contribution in [2.24, 2.45) is 5.92 Å². The molecule has 1 aromatic carbocycles. The van der Waals surface area contributed by atoms with E-state index in [-0.39, 0.29) is 11.8 Å². The van der Waals surface area contributed by atoms with Gasteiger partial charge >= 0.3 is 0 Å². The number of aromatic nitrogens is 2. The van der Waals surface area contributed by atoms with E-state index in [1.165, 1.54) is 0 Å². The Morgan fingerprint density at radius 3 is 2.89 bits per heavy atom. The van der Waals surface area contributed by atoms with E-state index in [1.807, 2.05) is 18.2 Å². The van der Waals surface area contributed by atoms with Gasteiger partial charge in [-0.1, -0.05) is 6.08 Å². The van der Waals surface area contributed by atoms with Crippen LogP contribution in [-0.4, -0.2) is 22.4 Å². The highest BCUT2D eigenvalue weighted by Crippen LogP contribution is 2.35. The molecule has 1 unspecified atom stereocenters. The van der Waals surface area contributed by atoms with E-state index >= 15 is 0 Å². The van der Waals surface area contributed by atoms with Crippen LogP contribution in [0.1, 0.15) is 6.42 Å². The summed E-state index contributed by atoms with van der Waals surface area (Å²) in [5.41, 5.74) is 2.43. The molecule has 19 heavy (non-hydrogen) atoms. The average molecular weight is 318 g/mol. The minimum absolute atomic E-state index is 0.119. The Bertz CT molecular complexity index is 671. The molecule has 0 N–H and O–H groups in total. The molecular weight excluding hydrogens is 306 g/mol. The second-order valence-corrected chi connectivity index (χ2v) is 5.32. The summed E-state index contributed by atoms with van der Waals surface area (Å²) < 4.78 is 0.816. The normalized spacial score (nSPS) is 19.1. The highest BCUT2D eigenvalue weighted by molar-refractivity contribution is 9.10. The molecular formula is C14H12BrN3O. The van der Waals surface area contributed by atoms with Gasteiger partial charge in [0.25, 0.3) is 0 Å². The largest absolute Gasteiger partial charge is 0.311 e. The summed E-state index contributed by atoms with van der Waals surface area (Å²) in [6, 6.07) is 3.79. The zero-order valence-corrected chi connectivity index (χ0v) is 11.8. The summed E-state index contributed by atoms with van der Waals surface area (Å²) >= 11 is 3.54. The number of rotatable bonds is 2. The zero-order valence-electron chi connectivity index (χ0n) is 10.2. The molecule has 1 aliphatic rings. The van der Waals surface area contributed by atoms with E-state index in [9.17, 15) is 4.79 Å². The average Bonchev–Trinajstić information content (AvgIpc) is 2.81. The van der Waals surface area contributed by atoms with Gasteiger partial charge in [-0.05, 0) is 28.1 Å². The van der Waals surface area contributed by atoms with Crippen LogP contribution >= 0.6 is 15.9 Å². The van der Waals surface area contributed by atoms with Crippen LogP contribution in [0.2, 0.25) is 0 Å². The van der Waals surface area contributed by atoms with Gasteiger partial charge < -0.3 is 4.90 Å². The molecule has 0 saturated carbocycles. The quantitative estimate of drug-likeness (QED) is 0.800. The Morgan fingerprint density at radius 1 is 1.37 bits per heavy atom. The second kappa shape index (κ2) is 4.74. The van der Waals surface area contributed by atoms with Crippen LogP contribution in [0.3, 0.4) is 0 Å². The van der Waals surface area contributed by atoms with Gasteiger partial charge in [0.05, 0.1) is 15.7 Å². The molecule has 1 aromatic heterocycles.